The fraction of sp³-hybridized carbons (Fsp3) is 0.500. The Morgan fingerprint density at radius 2 is 0.950 bits per heavy atom. The Morgan fingerprint density at radius 1 is 0.575 bits per heavy atom. The number of unbranched alkanes of at least 4 members (excludes halogenated alkanes) is 1. The lowest BCUT2D eigenvalue weighted by atomic mass is 9.72. The van der Waals surface area contributed by atoms with Crippen molar-refractivity contribution in [3.8, 4) is 0 Å². The predicted octanol–water partition coefficient (Wildman–Crippen LogP) is 12.8. The molecule has 0 aromatic carbocycles. The summed E-state index contributed by atoms with van der Waals surface area (Å²) in [4.78, 5) is 0. The van der Waals surface area contributed by atoms with Crippen molar-refractivity contribution in [2.24, 2.45) is 10.8 Å². The van der Waals surface area contributed by atoms with E-state index >= 15 is 0 Å². The van der Waals surface area contributed by atoms with Gasteiger partial charge in [0.05, 0.1) is 0 Å². The van der Waals surface area contributed by atoms with Crippen LogP contribution in [0.25, 0.3) is 0 Å². The van der Waals surface area contributed by atoms with E-state index in [-0.39, 0.29) is 0 Å². The molecule has 2 aliphatic rings. The van der Waals surface area contributed by atoms with Gasteiger partial charge in [-0.2, -0.15) is 0 Å². The van der Waals surface area contributed by atoms with Crippen LogP contribution in [0, 0.1) is 10.8 Å². The zero-order chi connectivity index (χ0) is 29.8. The number of hydrogen-bond donors (Lipinski definition) is 0. The molecule has 0 nitrogen and oxygen atoms in total. The van der Waals surface area contributed by atoms with Crippen LogP contribution in [0.1, 0.15) is 121 Å². The van der Waals surface area contributed by atoms with Gasteiger partial charge in [-0.15, -0.1) is 0 Å². The van der Waals surface area contributed by atoms with E-state index in [4.69, 9.17) is 0 Å². The normalized spacial score (nSPS) is 21.8. The van der Waals surface area contributed by atoms with E-state index < -0.39 is 0 Å². The molecule has 0 bridgehead atoms. The minimum absolute atomic E-state index is 0.299. The first kappa shape index (κ1) is 33.6. The van der Waals surface area contributed by atoms with Crippen LogP contribution in [0.3, 0.4) is 0 Å². The van der Waals surface area contributed by atoms with Crippen LogP contribution >= 0.6 is 0 Å². The molecule has 0 aliphatic heterocycles. The maximum Gasteiger partial charge on any atom is -0.0104 e. The average molecular weight is 539 g/mol. The number of hydrogen-bond acceptors (Lipinski definition) is 0. The molecular formula is C40H58. The zero-order valence-corrected chi connectivity index (χ0v) is 27.6. The molecular weight excluding hydrogens is 480 g/mol. The van der Waals surface area contributed by atoms with Gasteiger partial charge >= 0.3 is 0 Å². The van der Waals surface area contributed by atoms with Crippen LogP contribution in [0.15, 0.2) is 117 Å². The molecule has 0 spiro atoms. The minimum Gasteiger partial charge on any atom is -0.0813 e. The average Bonchev–Trinajstić information content (AvgIpc) is 2.85. The second-order valence-electron chi connectivity index (χ2n) is 13.5. The lowest BCUT2D eigenvalue weighted by Gasteiger charge is -2.33. The van der Waals surface area contributed by atoms with Crippen molar-refractivity contribution in [1.82, 2.24) is 0 Å². The Hall–Kier alpha value is -2.60. The largest absolute Gasteiger partial charge is 0.0813 e. The second-order valence-corrected chi connectivity index (χ2v) is 13.5. The van der Waals surface area contributed by atoms with Crippen molar-refractivity contribution >= 4 is 0 Å². The Morgan fingerprint density at radius 3 is 1.30 bits per heavy atom. The Kier molecular flexibility index (Phi) is 13.4. The summed E-state index contributed by atoms with van der Waals surface area (Å²) >= 11 is 0. The highest BCUT2D eigenvalue weighted by molar-refractivity contribution is 5.38. The van der Waals surface area contributed by atoms with Gasteiger partial charge in [0.1, 0.15) is 0 Å². The molecule has 0 heterocycles. The van der Waals surface area contributed by atoms with E-state index in [0.29, 0.717) is 10.8 Å². The van der Waals surface area contributed by atoms with Gasteiger partial charge in [-0.05, 0) is 115 Å². The van der Waals surface area contributed by atoms with Gasteiger partial charge in [0.15, 0.2) is 0 Å². The molecule has 0 atom stereocenters. The Bertz CT molecular complexity index is 1070. The summed E-state index contributed by atoms with van der Waals surface area (Å²) in [7, 11) is 0. The van der Waals surface area contributed by atoms with Gasteiger partial charge in [-0.25, -0.2) is 0 Å². The number of rotatable bonds is 11. The third-order valence-corrected chi connectivity index (χ3v) is 8.65. The molecule has 40 heavy (non-hydrogen) atoms. The van der Waals surface area contributed by atoms with Crippen LogP contribution in [0.5, 0.6) is 0 Å². The summed E-state index contributed by atoms with van der Waals surface area (Å²) in [6.45, 7) is 22.9. The monoisotopic (exact) mass is 538 g/mol. The van der Waals surface area contributed by atoms with E-state index in [1.165, 1.54) is 72.0 Å². The lowest BCUT2D eigenvalue weighted by molar-refractivity contribution is 0.376. The van der Waals surface area contributed by atoms with Crippen molar-refractivity contribution in [3.63, 3.8) is 0 Å². The zero-order valence-electron chi connectivity index (χ0n) is 27.6. The molecule has 0 unspecified atom stereocenters. The predicted molar refractivity (Wildman–Crippen MR) is 181 cm³/mol. The van der Waals surface area contributed by atoms with Crippen molar-refractivity contribution in [3.05, 3.63) is 117 Å². The van der Waals surface area contributed by atoms with E-state index in [9.17, 15) is 0 Å². The van der Waals surface area contributed by atoms with Gasteiger partial charge in [-0.1, -0.05) is 134 Å². The maximum atomic E-state index is 2.38. The van der Waals surface area contributed by atoms with Crippen molar-refractivity contribution in [1.29, 1.82) is 0 Å². The van der Waals surface area contributed by atoms with E-state index in [0.717, 1.165) is 12.8 Å². The summed E-state index contributed by atoms with van der Waals surface area (Å²) < 4.78 is 0. The highest BCUT2D eigenvalue weighted by atomic mass is 14.3. The molecule has 0 aromatic rings. The second kappa shape index (κ2) is 16.0. The molecule has 0 amide bonds. The van der Waals surface area contributed by atoms with Crippen LogP contribution in [0.4, 0.5) is 0 Å². The van der Waals surface area contributed by atoms with Crippen molar-refractivity contribution in [2.75, 3.05) is 0 Å². The molecule has 0 N–H and O–H groups in total. The van der Waals surface area contributed by atoms with E-state index in [1.807, 2.05) is 0 Å². The van der Waals surface area contributed by atoms with Gasteiger partial charge in [0.2, 0.25) is 0 Å². The van der Waals surface area contributed by atoms with E-state index in [2.05, 4.69) is 142 Å². The molecule has 2 aliphatic carbocycles. The summed E-state index contributed by atoms with van der Waals surface area (Å²) in [5.41, 5.74) is 12.0. The van der Waals surface area contributed by atoms with Crippen LogP contribution in [-0.4, -0.2) is 0 Å². The molecule has 218 valence electrons. The summed E-state index contributed by atoms with van der Waals surface area (Å²) in [6.07, 6.45) is 37.0. The minimum atomic E-state index is 0.299. The SMILES string of the molecule is CC(C=CC1=C(C)CCCC1(C)C)=CC=CC(C)=CCCC=C(C)C=CC=C(C)C=CC1=C(C)CCCC1(C)C. The number of allylic oxidation sites excluding steroid dienone is 20. The molecule has 0 saturated heterocycles. The highest BCUT2D eigenvalue weighted by Gasteiger charge is 2.27. The first-order valence-corrected chi connectivity index (χ1v) is 15.6. The molecule has 0 aromatic heterocycles. The molecule has 0 saturated carbocycles. The fourth-order valence-corrected chi connectivity index (χ4v) is 6.02. The summed E-state index contributed by atoms with van der Waals surface area (Å²) in [5.74, 6) is 0. The smallest absolute Gasteiger partial charge is 0.0104 e. The quantitative estimate of drug-likeness (QED) is 0.181. The first-order valence-electron chi connectivity index (χ1n) is 15.6. The van der Waals surface area contributed by atoms with Crippen LogP contribution in [-0.2, 0) is 0 Å². The molecule has 0 heteroatoms. The third-order valence-electron chi connectivity index (χ3n) is 8.65. The third kappa shape index (κ3) is 11.5. The first-order chi connectivity index (χ1) is 18.8. The van der Waals surface area contributed by atoms with Crippen LogP contribution in [0.2, 0.25) is 0 Å². The lowest BCUT2D eigenvalue weighted by Crippen LogP contribution is -2.19. The van der Waals surface area contributed by atoms with Gasteiger partial charge in [-0.3, -0.25) is 0 Å². The summed E-state index contributed by atoms with van der Waals surface area (Å²) in [5, 5.41) is 0. The van der Waals surface area contributed by atoms with Gasteiger partial charge in [0, 0.05) is 0 Å². The molecule has 2 rings (SSSR count). The maximum absolute atomic E-state index is 2.38. The fourth-order valence-electron chi connectivity index (χ4n) is 6.02. The summed E-state index contributed by atoms with van der Waals surface area (Å²) in [6, 6.07) is 0. The van der Waals surface area contributed by atoms with Gasteiger partial charge in [0.25, 0.3) is 0 Å². The Balaban J connectivity index is 1.82. The topological polar surface area (TPSA) is 0 Å². The van der Waals surface area contributed by atoms with Crippen LogP contribution < -0.4 is 0 Å². The highest BCUT2D eigenvalue weighted by Crippen LogP contribution is 2.41. The van der Waals surface area contributed by atoms with E-state index in [1.54, 1.807) is 11.1 Å². The standard InChI is InChI=1S/C40H58/c1-31(19-13-21-33(3)25-27-37-35(5)23-15-29-39(37,7)8)17-11-12-18-32(2)20-14-22-34(4)26-28-38-36(6)24-16-30-40(38,9)10/h13-14,17-22,25-28H,11-12,15-16,23-24,29-30H2,1-10H3. The molecule has 0 radical (unpaired) electrons. The Labute approximate surface area is 248 Å². The molecule has 0 fully saturated rings. The van der Waals surface area contributed by atoms with Gasteiger partial charge < -0.3 is 0 Å². The van der Waals surface area contributed by atoms with Crippen molar-refractivity contribution < 1.29 is 0 Å². The van der Waals surface area contributed by atoms with Crippen molar-refractivity contribution in [2.45, 2.75) is 121 Å².